The summed E-state index contributed by atoms with van der Waals surface area (Å²) >= 11 is 0. The fourth-order valence-electron chi connectivity index (χ4n) is 3.19. The Labute approximate surface area is 171 Å². The molecule has 2 heterocycles. The Morgan fingerprint density at radius 2 is 1.80 bits per heavy atom. The van der Waals surface area contributed by atoms with E-state index in [1.54, 1.807) is 42.5 Å². The van der Waals surface area contributed by atoms with Crippen molar-refractivity contribution in [2.75, 3.05) is 26.1 Å². The molecule has 0 aliphatic carbocycles. The summed E-state index contributed by atoms with van der Waals surface area (Å²) in [4.78, 5) is 36.9. The first-order chi connectivity index (χ1) is 14.5. The number of nitrogens with one attached hydrogen (secondary N) is 1. The number of rotatable bonds is 4. The number of ether oxygens (including phenoxy) is 3. The zero-order valence-electron chi connectivity index (χ0n) is 16.2. The molecule has 3 aromatic rings. The molecule has 30 heavy (non-hydrogen) atoms. The minimum absolute atomic E-state index is 0.0452. The lowest BCUT2D eigenvalue weighted by molar-refractivity contribution is -0.118. The number of amides is 1. The third-order valence-corrected chi connectivity index (χ3v) is 4.54. The maximum atomic E-state index is 12.7. The van der Waals surface area contributed by atoms with Gasteiger partial charge in [0, 0.05) is 5.56 Å². The van der Waals surface area contributed by atoms with E-state index in [0.717, 1.165) is 0 Å². The van der Waals surface area contributed by atoms with Gasteiger partial charge < -0.3 is 19.5 Å². The Morgan fingerprint density at radius 1 is 1.07 bits per heavy atom. The summed E-state index contributed by atoms with van der Waals surface area (Å²) in [5, 5.41) is 7.23. The first-order valence-corrected chi connectivity index (χ1v) is 8.95. The normalized spacial score (nSPS) is 12.4. The summed E-state index contributed by atoms with van der Waals surface area (Å²) in [5.41, 5.74) is 1.57. The van der Waals surface area contributed by atoms with Gasteiger partial charge in [-0.15, -0.1) is 0 Å². The monoisotopic (exact) mass is 407 g/mol. The van der Waals surface area contributed by atoms with Crippen LogP contribution in [-0.2, 0) is 14.3 Å². The van der Waals surface area contributed by atoms with Gasteiger partial charge in [-0.3, -0.25) is 4.79 Å². The van der Waals surface area contributed by atoms with Crippen LogP contribution < -0.4 is 10.1 Å². The average molecular weight is 407 g/mol. The van der Waals surface area contributed by atoms with Gasteiger partial charge in [0.1, 0.15) is 17.0 Å². The van der Waals surface area contributed by atoms with Gasteiger partial charge in [0.15, 0.2) is 12.3 Å². The third-order valence-electron chi connectivity index (χ3n) is 4.54. The Kier molecular flexibility index (Phi) is 4.93. The number of carbonyl (C=O) groups is 3. The highest BCUT2D eigenvalue weighted by Crippen LogP contribution is 2.35. The number of benzene rings is 2. The molecule has 1 aliphatic heterocycles. The summed E-state index contributed by atoms with van der Waals surface area (Å²) in [6.45, 7) is -0.0745. The van der Waals surface area contributed by atoms with Crippen LogP contribution in [0.3, 0.4) is 0 Å². The average Bonchev–Trinajstić information content (AvgIpc) is 3.18. The maximum Gasteiger partial charge on any atom is 0.357 e. The molecule has 9 nitrogen and oxygen atoms in total. The molecule has 1 amide bonds. The number of anilines is 1. The van der Waals surface area contributed by atoms with Crippen molar-refractivity contribution >= 4 is 23.5 Å². The molecule has 1 aromatic heterocycles. The number of hydrogen-bond acceptors (Lipinski definition) is 7. The summed E-state index contributed by atoms with van der Waals surface area (Å²) in [6.07, 6.45) is 0. The van der Waals surface area contributed by atoms with Crippen LogP contribution in [-0.4, -0.2) is 48.5 Å². The zero-order valence-corrected chi connectivity index (χ0v) is 16.2. The Hall–Kier alpha value is -4.14. The van der Waals surface area contributed by atoms with Crippen LogP contribution in [0.1, 0.15) is 20.8 Å². The van der Waals surface area contributed by atoms with Crippen LogP contribution in [0.4, 0.5) is 5.69 Å². The quantitative estimate of drug-likeness (QED) is 0.662. The molecule has 2 aromatic carbocycles. The Morgan fingerprint density at radius 3 is 2.50 bits per heavy atom. The number of hydrogen-bond donors (Lipinski definition) is 1. The van der Waals surface area contributed by atoms with E-state index in [0.29, 0.717) is 22.7 Å². The summed E-state index contributed by atoms with van der Waals surface area (Å²) in [6, 6.07) is 13.8. The molecule has 0 fully saturated rings. The van der Waals surface area contributed by atoms with Crippen molar-refractivity contribution in [3.8, 4) is 22.7 Å². The fourth-order valence-corrected chi connectivity index (χ4v) is 3.19. The van der Waals surface area contributed by atoms with E-state index in [9.17, 15) is 14.4 Å². The first-order valence-electron chi connectivity index (χ1n) is 8.95. The minimum Gasteiger partial charge on any atom is -0.482 e. The lowest BCUT2D eigenvalue weighted by atomic mass is 10.0. The molecule has 9 heteroatoms. The number of aromatic nitrogens is 2. The molecular formula is C21H17N3O6. The van der Waals surface area contributed by atoms with Gasteiger partial charge in [-0.05, 0) is 30.3 Å². The zero-order chi connectivity index (χ0) is 21.3. The SMILES string of the molecule is COC(=O)c1c(-c2ccc3c(c2)NC(=O)CO3)nn(-c2ccccc2)c1C(=O)OC. The number of carbonyl (C=O) groups excluding carboxylic acids is 3. The number of esters is 2. The van der Waals surface area contributed by atoms with E-state index >= 15 is 0 Å². The Balaban J connectivity index is 1.97. The van der Waals surface area contributed by atoms with E-state index in [-0.39, 0.29) is 29.5 Å². The number of nitrogens with zero attached hydrogens (tertiary/aromatic N) is 2. The van der Waals surface area contributed by atoms with Crippen LogP contribution in [0.25, 0.3) is 16.9 Å². The van der Waals surface area contributed by atoms with Crippen LogP contribution in [0.5, 0.6) is 5.75 Å². The molecule has 0 spiro atoms. The number of para-hydroxylation sites is 1. The predicted molar refractivity (Wildman–Crippen MR) is 106 cm³/mol. The van der Waals surface area contributed by atoms with Crippen molar-refractivity contribution in [3.63, 3.8) is 0 Å². The van der Waals surface area contributed by atoms with Crippen LogP contribution in [0.2, 0.25) is 0 Å². The molecule has 1 N–H and O–H groups in total. The standard InChI is InChI=1S/C21H17N3O6/c1-28-20(26)17-18(12-8-9-15-14(10-12)22-16(25)11-30-15)23-24(19(17)21(27)29-2)13-6-4-3-5-7-13/h3-10H,11H2,1-2H3,(H,22,25). The van der Waals surface area contributed by atoms with Crippen LogP contribution in [0, 0.1) is 0 Å². The van der Waals surface area contributed by atoms with E-state index in [2.05, 4.69) is 10.4 Å². The van der Waals surface area contributed by atoms with Gasteiger partial charge in [-0.2, -0.15) is 5.10 Å². The molecule has 4 rings (SSSR count). The van der Waals surface area contributed by atoms with Gasteiger partial charge in [-0.25, -0.2) is 14.3 Å². The van der Waals surface area contributed by atoms with Gasteiger partial charge in [0.05, 0.1) is 25.6 Å². The molecule has 0 radical (unpaired) electrons. The summed E-state index contributed by atoms with van der Waals surface area (Å²) < 4.78 is 16.5. The molecule has 0 saturated heterocycles. The lowest BCUT2D eigenvalue weighted by Crippen LogP contribution is -2.25. The second-order valence-corrected chi connectivity index (χ2v) is 6.35. The van der Waals surface area contributed by atoms with Crippen molar-refractivity contribution in [3.05, 3.63) is 59.8 Å². The van der Waals surface area contributed by atoms with Gasteiger partial charge in [-0.1, -0.05) is 18.2 Å². The van der Waals surface area contributed by atoms with Crippen molar-refractivity contribution in [2.24, 2.45) is 0 Å². The molecule has 0 atom stereocenters. The smallest absolute Gasteiger partial charge is 0.357 e. The van der Waals surface area contributed by atoms with Gasteiger partial charge >= 0.3 is 11.9 Å². The van der Waals surface area contributed by atoms with Crippen molar-refractivity contribution in [1.82, 2.24) is 9.78 Å². The molecular weight excluding hydrogens is 390 g/mol. The van der Waals surface area contributed by atoms with Crippen molar-refractivity contribution < 1.29 is 28.6 Å². The topological polar surface area (TPSA) is 109 Å². The molecule has 0 saturated carbocycles. The molecule has 0 bridgehead atoms. The Bertz CT molecular complexity index is 1150. The maximum absolute atomic E-state index is 12.7. The summed E-state index contributed by atoms with van der Waals surface area (Å²) in [7, 11) is 2.44. The second-order valence-electron chi connectivity index (χ2n) is 6.35. The highest BCUT2D eigenvalue weighted by Gasteiger charge is 2.31. The molecule has 1 aliphatic rings. The molecule has 0 unspecified atom stereocenters. The van der Waals surface area contributed by atoms with Gasteiger partial charge in [0.2, 0.25) is 0 Å². The van der Waals surface area contributed by atoms with Crippen LogP contribution >= 0.6 is 0 Å². The van der Waals surface area contributed by atoms with Crippen molar-refractivity contribution in [1.29, 1.82) is 0 Å². The van der Waals surface area contributed by atoms with E-state index in [4.69, 9.17) is 14.2 Å². The minimum atomic E-state index is -0.745. The van der Waals surface area contributed by atoms with E-state index in [1.165, 1.54) is 18.9 Å². The van der Waals surface area contributed by atoms with E-state index in [1.807, 2.05) is 6.07 Å². The second kappa shape index (κ2) is 7.70. The van der Waals surface area contributed by atoms with E-state index < -0.39 is 11.9 Å². The highest BCUT2D eigenvalue weighted by atomic mass is 16.5. The van der Waals surface area contributed by atoms with Gasteiger partial charge in [0.25, 0.3) is 5.91 Å². The largest absolute Gasteiger partial charge is 0.482 e. The summed E-state index contributed by atoms with van der Waals surface area (Å²) in [5.74, 6) is -1.29. The predicted octanol–water partition coefficient (Wildman–Crippen LogP) is 2.44. The molecule has 152 valence electrons. The number of methoxy groups -OCH3 is 2. The number of fused-ring (bicyclic) bond motifs is 1. The van der Waals surface area contributed by atoms with Crippen LogP contribution in [0.15, 0.2) is 48.5 Å². The first kappa shape index (κ1) is 19.2. The highest BCUT2D eigenvalue weighted by molar-refractivity contribution is 6.07. The van der Waals surface area contributed by atoms with Crippen molar-refractivity contribution in [2.45, 2.75) is 0 Å². The fraction of sp³-hybridized carbons (Fsp3) is 0.143. The third kappa shape index (κ3) is 3.26. The lowest BCUT2D eigenvalue weighted by Gasteiger charge is -2.18.